The Labute approximate surface area is 122 Å². The lowest BCUT2D eigenvalue weighted by Crippen LogP contribution is -2.13. The molecule has 3 aromatic rings. The first kappa shape index (κ1) is 13.2. The maximum atomic E-state index is 11.4. The standard InChI is InChI=1S/C16H15N3O2/c20-16(21)15-7-6-14(11-18-9-8-17-12-18)19(15)10-13-4-2-1-3-5-13/h1-9,12H,10-11H2,(H,20,21). The molecule has 5 nitrogen and oxygen atoms in total. The predicted molar refractivity (Wildman–Crippen MR) is 78.3 cm³/mol. The highest BCUT2D eigenvalue weighted by atomic mass is 16.4. The van der Waals surface area contributed by atoms with Gasteiger partial charge >= 0.3 is 5.97 Å². The number of carbonyl (C=O) groups is 1. The van der Waals surface area contributed by atoms with Gasteiger partial charge in [-0.05, 0) is 17.7 Å². The second kappa shape index (κ2) is 5.66. The van der Waals surface area contributed by atoms with Crippen molar-refractivity contribution in [2.75, 3.05) is 0 Å². The summed E-state index contributed by atoms with van der Waals surface area (Å²) in [4.78, 5) is 15.4. The number of carboxylic acid groups (broad SMARTS) is 1. The number of carboxylic acids is 1. The van der Waals surface area contributed by atoms with Crippen LogP contribution in [0.2, 0.25) is 0 Å². The van der Waals surface area contributed by atoms with E-state index in [2.05, 4.69) is 4.98 Å². The van der Waals surface area contributed by atoms with Crippen molar-refractivity contribution in [1.82, 2.24) is 14.1 Å². The summed E-state index contributed by atoms with van der Waals surface area (Å²) < 4.78 is 3.75. The molecule has 0 amide bonds. The average molecular weight is 281 g/mol. The van der Waals surface area contributed by atoms with E-state index in [0.29, 0.717) is 18.8 Å². The molecule has 0 radical (unpaired) electrons. The molecule has 0 saturated carbocycles. The molecule has 0 unspecified atom stereocenters. The lowest BCUT2D eigenvalue weighted by atomic mass is 10.2. The third kappa shape index (κ3) is 2.86. The zero-order valence-electron chi connectivity index (χ0n) is 11.4. The van der Waals surface area contributed by atoms with Gasteiger partial charge in [-0.2, -0.15) is 0 Å². The Morgan fingerprint density at radius 1 is 1.10 bits per heavy atom. The fourth-order valence-electron chi connectivity index (χ4n) is 2.35. The number of imidazole rings is 1. The molecule has 0 aliphatic carbocycles. The van der Waals surface area contributed by atoms with Gasteiger partial charge in [0.1, 0.15) is 5.69 Å². The van der Waals surface area contributed by atoms with Gasteiger partial charge in [0.05, 0.1) is 12.9 Å². The Kier molecular flexibility index (Phi) is 3.55. The van der Waals surface area contributed by atoms with Gasteiger partial charge < -0.3 is 14.2 Å². The second-order valence-corrected chi connectivity index (χ2v) is 4.82. The summed E-state index contributed by atoms with van der Waals surface area (Å²) in [5.41, 5.74) is 2.31. The third-order valence-electron chi connectivity index (χ3n) is 3.38. The number of benzene rings is 1. The number of aromatic carboxylic acids is 1. The highest BCUT2D eigenvalue weighted by molar-refractivity contribution is 5.86. The van der Waals surface area contributed by atoms with Gasteiger partial charge in [0.2, 0.25) is 0 Å². The molecule has 0 atom stereocenters. The molecule has 21 heavy (non-hydrogen) atoms. The van der Waals surface area contributed by atoms with E-state index in [9.17, 15) is 9.90 Å². The van der Waals surface area contributed by atoms with Gasteiger partial charge in [-0.15, -0.1) is 0 Å². The fourth-order valence-corrected chi connectivity index (χ4v) is 2.35. The van der Waals surface area contributed by atoms with E-state index in [0.717, 1.165) is 11.3 Å². The first-order valence-electron chi connectivity index (χ1n) is 6.65. The summed E-state index contributed by atoms with van der Waals surface area (Å²) >= 11 is 0. The van der Waals surface area contributed by atoms with Crippen LogP contribution in [0.1, 0.15) is 21.7 Å². The molecule has 0 fully saturated rings. The molecule has 1 aromatic carbocycles. The quantitative estimate of drug-likeness (QED) is 0.781. The summed E-state index contributed by atoms with van der Waals surface area (Å²) in [6.07, 6.45) is 5.29. The zero-order chi connectivity index (χ0) is 14.7. The van der Waals surface area contributed by atoms with Crippen molar-refractivity contribution in [3.63, 3.8) is 0 Å². The number of nitrogens with zero attached hydrogens (tertiary/aromatic N) is 3. The highest BCUT2D eigenvalue weighted by Gasteiger charge is 2.14. The molecule has 0 aliphatic heterocycles. The molecule has 1 N–H and O–H groups in total. The van der Waals surface area contributed by atoms with Crippen molar-refractivity contribution in [2.24, 2.45) is 0 Å². The van der Waals surface area contributed by atoms with Gasteiger partial charge in [0, 0.05) is 24.6 Å². The minimum absolute atomic E-state index is 0.300. The molecule has 106 valence electrons. The smallest absolute Gasteiger partial charge is 0.352 e. The van der Waals surface area contributed by atoms with Crippen molar-refractivity contribution in [1.29, 1.82) is 0 Å². The summed E-state index contributed by atoms with van der Waals surface area (Å²) in [5, 5.41) is 9.34. The Morgan fingerprint density at radius 3 is 2.57 bits per heavy atom. The van der Waals surface area contributed by atoms with Crippen LogP contribution in [-0.2, 0) is 13.1 Å². The molecule has 0 spiro atoms. The maximum Gasteiger partial charge on any atom is 0.352 e. The lowest BCUT2D eigenvalue weighted by Gasteiger charge is -2.12. The van der Waals surface area contributed by atoms with E-state index in [4.69, 9.17) is 0 Å². The van der Waals surface area contributed by atoms with Crippen LogP contribution in [0.15, 0.2) is 61.2 Å². The van der Waals surface area contributed by atoms with Crippen LogP contribution in [-0.4, -0.2) is 25.2 Å². The van der Waals surface area contributed by atoms with E-state index in [-0.39, 0.29) is 0 Å². The van der Waals surface area contributed by atoms with Crippen LogP contribution in [0.25, 0.3) is 0 Å². The SMILES string of the molecule is O=C(O)c1ccc(Cn2ccnc2)n1Cc1ccccc1. The maximum absolute atomic E-state index is 11.4. The van der Waals surface area contributed by atoms with E-state index in [1.54, 1.807) is 18.6 Å². The Balaban J connectivity index is 1.95. The van der Waals surface area contributed by atoms with Crippen LogP contribution >= 0.6 is 0 Å². The zero-order valence-corrected chi connectivity index (χ0v) is 11.4. The van der Waals surface area contributed by atoms with Crippen molar-refractivity contribution < 1.29 is 9.90 Å². The van der Waals surface area contributed by atoms with E-state index < -0.39 is 5.97 Å². The van der Waals surface area contributed by atoms with Gasteiger partial charge in [0.15, 0.2) is 0 Å². The van der Waals surface area contributed by atoms with Gasteiger partial charge in [-0.1, -0.05) is 30.3 Å². The van der Waals surface area contributed by atoms with Crippen LogP contribution in [0, 0.1) is 0 Å². The minimum Gasteiger partial charge on any atom is -0.477 e. The summed E-state index contributed by atoms with van der Waals surface area (Å²) in [6, 6.07) is 13.3. The normalized spacial score (nSPS) is 10.7. The lowest BCUT2D eigenvalue weighted by molar-refractivity contribution is 0.0685. The third-order valence-corrected chi connectivity index (χ3v) is 3.38. The number of rotatable bonds is 5. The Morgan fingerprint density at radius 2 is 1.90 bits per heavy atom. The minimum atomic E-state index is -0.914. The van der Waals surface area contributed by atoms with Crippen molar-refractivity contribution >= 4 is 5.97 Å². The van der Waals surface area contributed by atoms with E-state index in [1.165, 1.54) is 0 Å². The molecule has 0 saturated heterocycles. The molecular formula is C16H15N3O2. The van der Waals surface area contributed by atoms with Crippen molar-refractivity contribution in [3.05, 3.63) is 78.1 Å². The number of hydrogen-bond donors (Lipinski definition) is 1. The monoisotopic (exact) mass is 281 g/mol. The largest absolute Gasteiger partial charge is 0.477 e. The van der Waals surface area contributed by atoms with Crippen LogP contribution in [0.4, 0.5) is 0 Å². The van der Waals surface area contributed by atoms with E-state index in [1.807, 2.05) is 51.7 Å². The van der Waals surface area contributed by atoms with Crippen LogP contribution in [0.5, 0.6) is 0 Å². The Hall–Kier alpha value is -2.82. The van der Waals surface area contributed by atoms with Crippen molar-refractivity contribution in [3.8, 4) is 0 Å². The Bertz CT molecular complexity index is 730. The summed E-state index contributed by atoms with van der Waals surface area (Å²) in [6.45, 7) is 1.14. The number of aromatic nitrogens is 3. The van der Waals surface area contributed by atoms with Gasteiger partial charge in [-0.3, -0.25) is 0 Å². The van der Waals surface area contributed by atoms with E-state index >= 15 is 0 Å². The second-order valence-electron chi connectivity index (χ2n) is 4.82. The number of hydrogen-bond acceptors (Lipinski definition) is 2. The summed E-state index contributed by atoms with van der Waals surface area (Å²) in [7, 11) is 0. The molecular weight excluding hydrogens is 266 g/mol. The fraction of sp³-hybridized carbons (Fsp3) is 0.125. The first-order valence-corrected chi connectivity index (χ1v) is 6.65. The topological polar surface area (TPSA) is 60.0 Å². The predicted octanol–water partition coefficient (Wildman–Crippen LogP) is 2.48. The molecule has 2 heterocycles. The molecule has 3 rings (SSSR count). The van der Waals surface area contributed by atoms with Crippen LogP contribution in [0.3, 0.4) is 0 Å². The molecule has 0 aliphatic rings. The molecule has 0 bridgehead atoms. The van der Waals surface area contributed by atoms with Gasteiger partial charge in [-0.25, -0.2) is 9.78 Å². The highest BCUT2D eigenvalue weighted by Crippen LogP contribution is 2.14. The van der Waals surface area contributed by atoms with Crippen LogP contribution < -0.4 is 0 Å². The average Bonchev–Trinajstić information content (AvgIpc) is 3.11. The van der Waals surface area contributed by atoms with Gasteiger partial charge in [0.25, 0.3) is 0 Å². The molecule has 5 heteroatoms. The first-order chi connectivity index (χ1) is 10.2. The molecule has 2 aromatic heterocycles. The van der Waals surface area contributed by atoms with Crippen molar-refractivity contribution in [2.45, 2.75) is 13.1 Å². The summed E-state index contributed by atoms with van der Waals surface area (Å²) in [5.74, 6) is -0.914.